The fraction of sp³-hybridized carbons (Fsp3) is 0.294. The number of methoxy groups -OCH3 is 2. The van der Waals surface area contributed by atoms with Crippen LogP contribution in [0.4, 0.5) is 0 Å². The highest BCUT2D eigenvalue weighted by molar-refractivity contribution is 7.10. The van der Waals surface area contributed by atoms with E-state index < -0.39 is 0 Å². The van der Waals surface area contributed by atoms with Crippen molar-refractivity contribution < 1.29 is 13.9 Å². The van der Waals surface area contributed by atoms with Crippen LogP contribution < -0.4 is 9.47 Å². The fourth-order valence-electron chi connectivity index (χ4n) is 2.43. The van der Waals surface area contributed by atoms with E-state index in [2.05, 4.69) is 9.97 Å². The summed E-state index contributed by atoms with van der Waals surface area (Å²) < 4.78 is 16.2. The van der Waals surface area contributed by atoms with Gasteiger partial charge in [-0.05, 0) is 24.6 Å². The van der Waals surface area contributed by atoms with Gasteiger partial charge in [-0.2, -0.15) is 0 Å². The normalized spacial score (nSPS) is 10.8. The molecule has 3 aromatic rings. The van der Waals surface area contributed by atoms with Gasteiger partial charge < -0.3 is 13.9 Å². The van der Waals surface area contributed by atoms with E-state index in [0.717, 1.165) is 45.6 Å². The van der Waals surface area contributed by atoms with Crippen molar-refractivity contribution in [1.82, 2.24) is 9.97 Å². The third kappa shape index (κ3) is 3.22. The van der Waals surface area contributed by atoms with Crippen molar-refractivity contribution in [3.8, 4) is 23.0 Å². The average molecular weight is 330 g/mol. The molecule has 6 heteroatoms. The lowest BCUT2D eigenvalue weighted by molar-refractivity contribution is 0.354. The van der Waals surface area contributed by atoms with Crippen LogP contribution in [0, 0.1) is 13.8 Å². The maximum absolute atomic E-state index is 5.63. The van der Waals surface area contributed by atoms with E-state index in [9.17, 15) is 0 Å². The predicted octanol–water partition coefficient (Wildman–Crippen LogP) is 4.02. The minimum atomic E-state index is 0.659. The van der Waals surface area contributed by atoms with E-state index in [1.165, 1.54) is 0 Å². The fourth-order valence-corrected chi connectivity index (χ4v) is 3.24. The Morgan fingerprint density at radius 2 is 1.87 bits per heavy atom. The quantitative estimate of drug-likeness (QED) is 0.707. The molecule has 0 saturated heterocycles. The number of thiazole rings is 1. The van der Waals surface area contributed by atoms with Crippen LogP contribution in [0.3, 0.4) is 0 Å². The van der Waals surface area contributed by atoms with Crippen molar-refractivity contribution in [3.05, 3.63) is 45.7 Å². The molecule has 0 bridgehead atoms. The van der Waals surface area contributed by atoms with Gasteiger partial charge in [0.05, 0.1) is 24.9 Å². The first-order valence-electron chi connectivity index (χ1n) is 7.20. The Morgan fingerprint density at radius 3 is 2.52 bits per heavy atom. The smallest absolute Gasteiger partial charge is 0.192 e. The first kappa shape index (κ1) is 15.6. The monoisotopic (exact) mass is 330 g/mol. The number of aromatic nitrogens is 2. The van der Waals surface area contributed by atoms with Crippen molar-refractivity contribution in [1.29, 1.82) is 0 Å². The van der Waals surface area contributed by atoms with Crippen LogP contribution in [-0.4, -0.2) is 24.2 Å². The molecule has 0 saturated carbocycles. The molecule has 0 aliphatic heterocycles. The van der Waals surface area contributed by atoms with Crippen molar-refractivity contribution in [2.45, 2.75) is 20.3 Å². The number of hydrogen-bond acceptors (Lipinski definition) is 6. The Morgan fingerprint density at radius 1 is 1.09 bits per heavy atom. The third-order valence-corrected chi connectivity index (χ3v) is 4.34. The molecule has 23 heavy (non-hydrogen) atoms. The molecule has 5 nitrogen and oxygen atoms in total. The van der Waals surface area contributed by atoms with Gasteiger partial charge in [0, 0.05) is 18.7 Å². The van der Waals surface area contributed by atoms with Crippen molar-refractivity contribution in [2.75, 3.05) is 14.2 Å². The second kappa shape index (κ2) is 6.42. The summed E-state index contributed by atoms with van der Waals surface area (Å²) in [5.41, 5.74) is 2.82. The third-order valence-electron chi connectivity index (χ3n) is 3.49. The maximum atomic E-state index is 5.63. The number of benzene rings is 1. The van der Waals surface area contributed by atoms with E-state index >= 15 is 0 Å². The van der Waals surface area contributed by atoms with Gasteiger partial charge in [0.1, 0.15) is 5.69 Å². The Balaban J connectivity index is 1.83. The zero-order chi connectivity index (χ0) is 16.4. The van der Waals surface area contributed by atoms with E-state index in [4.69, 9.17) is 13.9 Å². The van der Waals surface area contributed by atoms with E-state index in [1.807, 2.05) is 37.4 Å². The van der Waals surface area contributed by atoms with E-state index in [1.54, 1.807) is 25.6 Å². The number of rotatable bonds is 5. The van der Waals surface area contributed by atoms with Gasteiger partial charge in [-0.3, -0.25) is 0 Å². The van der Waals surface area contributed by atoms with Crippen LogP contribution in [0.5, 0.6) is 11.5 Å². The topological polar surface area (TPSA) is 57.4 Å². The minimum absolute atomic E-state index is 0.659. The Labute approximate surface area is 138 Å². The molecule has 1 aromatic carbocycles. The average Bonchev–Trinajstić information content (AvgIpc) is 3.13. The summed E-state index contributed by atoms with van der Waals surface area (Å²) in [6.07, 6.45) is 0.733. The highest BCUT2D eigenvalue weighted by atomic mass is 32.1. The number of hydrogen-bond donors (Lipinski definition) is 0. The predicted molar refractivity (Wildman–Crippen MR) is 89.4 cm³/mol. The molecule has 0 fully saturated rings. The summed E-state index contributed by atoms with van der Waals surface area (Å²) >= 11 is 1.61. The molecular formula is C17H18N2O3S. The number of ether oxygens (including phenoxy) is 2. The first-order chi connectivity index (χ1) is 11.1. The molecule has 2 aromatic heterocycles. The minimum Gasteiger partial charge on any atom is -0.493 e. The molecule has 0 spiro atoms. The van der Waals surface area contributed by atoms with Crippen LogP contribution in [0.25, 0.3) is 11.5 Å². The molecule has 3 rings (SSSR count). The number of oxazole rings is 1. The van der Waals surface area contributed by atoms with Gasteiger partial charge in [0.2, 0.25) is 0 Å². The molecule has 0 atom stereocenters. The Kier molecular flexibility index (Phi) is 4.34. The lowest BCUT2D eigenvalue weighted by Crippen LogP contribution is -1.93. The molecule has 0 aliphatic rings. The zero-order valence-electron chi connectivity index (χ0n) is 13.5. The highest BCUT2D eigenvalue weighted by Gasteiger charge is 2.14. The second-order valence-corrected chi connectivity index (χ2v) is 6.08. The number of aryl methyl sites for hydroxylation is 2. The SMILES string of the molecule is COc1ccc(Cc2nc(-c3oc(C)nc3C)cs2)cc1OC. The van der Waals surface area contributed by atoms with Crippen molar-refractivity contribution in [2.24, 2.45) is 0 Å². The van der Waals surface area contributed by atoms with Crippen molar-refractivity contribution >= 4 is 11.3 Å². The lowest BCUT2D eigenvalue weighted by Gasteiger charge is -2.08. The summed E-state index contributed by atoms with van der Waals surface area (Å²) in [6, 6.07) is 5.91. The van der Waals surface area contributed by atoms with Crippen molar-refractivity contribution in [3.63, 3.8) is 0 Å². The van der Waals surface area contributed by atoms with Crippen LogP contribution in [-0.2, 0) is 6.42 Å². The Hall–Kier alpha value is -2.34. The summed E-state index contributed by atoms with van der Waals surface area (Å²) in [4.78, 5) is 8.95. The van der Waals surface area contributed by atoms with Crippen LogP contribution >= 0.6 is 11.3 Å². The molecule has 0 N–H and O–H groups in total. The summed E-state index contributed by atoms with van der Waals surface area (Å²) in [5, 5.41) is 3.02. The Bertz CT molecular complexity index is 823. The van der Waals surface area contributed by atoms with Gasteiger partial charge in [-0.1, -0.05) is 6.07 Å². The molecule has 0 aliphatic carbocycles. The standard InChI is InChI=1S/C17H18N2O3S/c1-10-17(22-11(2)18-10)13-9-23-16(19-13)8-12-5-6-14(20-3)15(7-12)21-4/h5-7,9H,8H2,1-4H3. The van der Waals surface area contributed by atoms with Crippen LogP contribution in [0.1, 0.15) is 22.2 Å². The lowest BCUT2D eigenvalue weighted by atomic mass is 10.1. The molecule has 120 valence electrons. The summed E-state index contributed by atoms with van der Waals surface area (Å²) in [6.45, 7) is 3.77. The highest BCUT2D eigenvalue weighted by Crippen LogP contribution is 2.30. The largest absolute Gasteiger partial charge is 0.493 e. The van der Waals surface area contributed by atoms with Crippen LogP contribution in [0.2, 0.25) is 0 Å². The zero-order valence-corrected chi connectivity index (χ0v) is 14.4. The maximum Gasteiger partial charge on any atom is 0.192 e. The van der Waals surface area contributed by atoms with Gasteiger partial charge in [0.25, 0.3) is 0 Å². The first-order valence-corrected chi connectivity index (χ1v) is 8.08. The molecule has 2 heterocycles. The molecular weight excluding hydrogens is 312 g/mol. The van der Waals surface area contributed by atoms with E-state index in [0.29, 0.717) is 5.89 Å². The molecule has 0 unspecified atom stereocenters. The second-order valence-electron chi connectivity index (χ2n) is 5.14. The van der Waals surface area contributed by atoms with Gasteiger partial charge in [-0.25, -0.2) is 9.97 Å². The number of nitrogens with zero attached hydrogens (tertiary/aromatic N) is 2. The van der Waals surface area contributed by atoms with E-state index in [-0.39, 0.29) is 0 Å². The molecule has 0 amide bonds. The summed E-state index contributed by atoms with van der Waals surface area (Å²) in [5.74, 6) is 2.86. The van der Waals surface area contributed by atoms with Crippen LogP contribution in [0.15, 0.2) is 28.0 Å². The summed E-state index contributed by atoms with van der Waals surface area (Å²) in [7, 11) is 3.27. The van der Waals surface area contributed by atoms with Gasteiger partial charge >= 0.3 is 0 Å². The molecule has 0 radical (unpaired) electrons. The van der Waals surface area contributed by atoms with Gasteiger partial charge in [0.15, 0.2) is 23.1 Å². The van der Waals surface area contributed by atoms with Gasteiger partial charge in [-0.15, -0.1) is 11.3 Å².